The molecule has 1 unspecified atom stereocenters. The molecule has 1 aliphatic heterocycles. The molecule has 4 nitrogen and oxygen atoms in total. The van der Waals surface area contributed by atoms with Crippen molar-refractivity contribution >= 4 is 23.3 Å². The van der Waals surface area contributed by atoms with Gasteiger partial charge in [0.1, 0.15) is 5.82 Å². The topological polar surface area (TPSA) is 33.2 Å². The highest BCUT2D eigenvalue weighted by Crippen LogP contribution is 2.17. The van der Waals surface area contributed by atoms with E-state index in [9.17, 15) is 4.39 Å². The molecule has 2 aromatic rings. The third-order valence-corrected chi connectivity index (χ3v) is 4.12. The van der Waals surface area contributed by atoms with Crippen molar-refractivity contribution in [1.29, 1.82) is 0 Å². The zero-order valence-electron chi connectivity index (χ0n) is 11.4. The van der Waals surface area contributed by atoms with Gasteiger partial charge in [-0.05, 0) is 37.0 Å². The molecule has 0 saturated carbocycles. The molecule has 6 heteroatoms. The van der Waals surface area contributed by atoms with E-state index in [0.29, 0.717) is 11.3 Å². The number of hydrogen-bond acceptors (Lipinski definition) is 3. The molecule has 1 saturated heterocycles. The molecule has 0 radical (unpaired) electrons. The molecule has 0 aliphatic carbocycles. The van der Waals surface area contributed by atoms with Crippen LogP contribution in [0.4, 0.5) is 4.39 Å². The molecule has 0 amide bonds. The molecule has 1 aromatic carbocycles. The molecule has 0 spiro atoms. The summed E-state index contributed by atoms with van der Waals surface area (Å²) in [5.41, 5.74) is 1.66. The Morgan fingerprint density at radius 3 is 3.15 bits per heavy atom. The van der Waals surface area contributed by atoms with Gasteiger partial charge < -0.3 is 14.3 Å². The number of imidazole rings is 1. The smallest absolute Gasteiger partial charge is 0.178 e. The normalized spacial score (nSPS) is 20.6. The maximum atomic E-state index is 13.4. The molecular formula is C14H18FN3OS. The van der Waals surface area contributed by atoms with Crippen LogP contribution in [0.5, 0.6) is 0 Å². The largest absolute Gasteiger partial charge is 0.374 e. The van der Waals surface area contributed by atoms with Crippen molar-refractivity contribution in [2.75, 3.05) is 26.2 Å². The maximum Gasteiger partial charge on any atom is 0.178 e. The lowest BCUT2D eigenvalue weighted by Gasteiger charge is -2.32. The van der Waals surface area contributed by atoms with Crippen LogP contribution in [-0.2, 0) is 11.3 Å². The van der Waals surface area contributed by atoms with Gasteiger partial charge in [-0.2, -0.15) is 0 Å². The van der Waals surface area contributed by atoms with Crippen molar-refractivity contribution in [2.24, 2.45) is 0 Å². The van der Waals surface area contributed by atoms with Crippen LogP contribution in [0.2, 0.25) is 0 Å². The third kappa shape index (κ3) is 2.63. The molecule has 1 fully saturated rings. The Hall–Kier alpha value is -1.24. The van der Waals surface area contributed by atoms with Gasteiger partial charge >= 0.3 is 0 Å². The number of halogens is 1. The number of nitrogens with one attached hydrogen (secondary N) is 1. The maximum absolute atomic E-state index is 13.4. The summed E-state index contributed by atoms with van der Waals surface area (Å²) in [6.45, 7) is 6.42. The van der Waals surface area contributed by atoms with E-state index in [4.69, 9.17) is 17.0 Å². The average Bonchev–Trinajstić information content (AvgIpc) is 2.75. The van der Waals surface area contributed by atoms with Crippen molar-refractivity contribution in [3.05, 3.63) is 28.8 Å². The van der Waals surface area contributed by atoms with Gasteiger partial charge in [0.25, 0.3) is 0 Å². The fraction of sp³-hybridized carbons (Fsp3) is 0.500. The third-order valence-electron chi connectivity index (χ3n) is 3.79. The number of rotatable bonds is 3. The molecule has 1 atom stereocenters. The first-order chi connectivity index (χ1) is 9.67. The molecule has 3 rings (SSSR count). The zero-order chi connectivity index (χ0) is 14.1. The predicted molar refractivity (Wildman–Crippen MR) is 78.9 cm³/mol. The Kier molecular flexibility index (Phi) is 3.87. The molecule has 1 aliphatic rings. The standard InChI is InChI=1S/C14H18FN3OS/c1-2-17-5-6-19-11(8-17)9-18-13-7-10(15)3-4-12(13)16-14(18)20/h3-4,7,11H,2,5-6,8-9H2,1H3,(H,16,20). The number of H-pyrrole nitrogens is 1. The molecule has 1 aromatic heterocycles. The summed E-state index contributed by atoms with van der Waals surface area (Å²) in [7, 11) is 0. The second kappa shape index (κ2) is 5.63. The quantitative estimate of drug-likeness (QED) is 0.884. The van der Waals surface area contributed by atoms with E-state index in [-0.39, 0.29) is 11.9 Å². The van der Waals surface area contributed by atoms with E-state index in [1.54, 1.807) is 6.07 Å². The summed E-state index contributed by atoms with van der Waals surface area (Å²) in [6.07, 6.45) is 0.0951. The van der Waals surface area contributed by atoms with Crippen LogP contribution in [0, 0.1) is 10.6 Å². The monoisotopic (exact) mass is 295 g/mol. The number of ether oxygens (including phenoxy) is 1. The summed E-state index contributed by atoms with van der Waals surface area (Å²) in [5.74, 6) is -0.250. The lowest BCUT2D eigenvalue weighted by molar-refractivity contribution is -0.0339. The summed E-state index contributed by atoms with van der Waals surface area (Å²) in [5, 5.41) is 0. The van der Waals surface area contributed by atoms with Crippen molar-refractivity contribution in [3.8, 4) is 0 Å². The number of aromatic nitrogens is 2. The highest BCUT2D eigenvalue weighted by Gasteiger charge is 2.20. The summed E-state index contributed by atoms with van der Waals surface area (Å²) < 4.78 is 21.8. The number of fused-ring (bicyclic) bond motifs is 1. The van der Waals surface area contributed by atoms with E-state index in [0.717, 1.165) is 37.3 Å². The van der Waals surface area contributed by atoms with E-state index in [2.05, 4.69) is 16.8 Å². The van der Waals surface area contributed by atoms with E-state index >= 15 is 0 Å². The summed E-state index contributed by atoms with van der Waals surface area (Å²) in [6, 6.07) is 4.67. The Balaban J connectivity index is 1.88. The van der Waals surface area contributed by atoms with Gasteiger partial charge in [0, 0.05) is 13.1 Å². The Labute approximate surface area is 122 Å². The fourth-order valence-corrected chi connectivity index (χ4v) is 2.97. The van der Waals surface area contributed by atoms with Crippen LogP contribution in [0.15, 0.2) is 18.2 Å². The van der Waals surface area contributed by atoms with Crippen LogP contribution in [-0.4, -0.2) is 46.8 Å². The molecular weight excluding hydrogens is 277 g/mol. The number of likely N-dealkylation sites (N-methyl/N-ethyl adjacent to an activating group) is 1. The average molecular weight is 295 g/mol. The van der Waals surface area contributed by atoms with Crippen LogP contribution in [0.1, 0.15) is 6.92 Å². The summed E-state index contributed by atoms with van der Waals surface area (Å²) in [4.78, 5) is 5.47. The lowest BCUT2D eigenvalue weighted by Crippen LogP contribution is -2.43. The second-order valence-corrected chi connectivity index (χ2v) is 5.47. The highest BCUT2D eigenvalue weighted by molar-refractivity contribution is 7.71. The van der Waals surface area contributed by atoms with Crippen LogP contribution in [0.3, 0.4) is 0 Å². The van der Waals surface area contributed by atoms with Crippen molar-refractivity contribution < 1.29 is 9.13 Å². The first-order valence-corrected chi connectivity index (χ1v) is 7.30. The van der Waals surface area contributed by atoms with E-state index in [1.807, 2.05) is 4.57 Å². The molecule has 2 heterocycles. The fourth-order valence-electron chi connectivity index (χ4n) is 2.69. The minimum atomic E-state index is -0.250. The van der Waals surface area contributed by atoms with Crippen molar-refractivity contribution in [1.82, 2.24) is 14.5 Å². The summed E-state index contributed by atoms with van der Waals surface area (Å²) >= 11 is 5.34. The first kappa shape index (κ1) is 13.7. The first-order valence-electron chi connectivity index (χ1n) is 6.89. The highest BCUT2D eigenvalue weighted by atomic mass is 32.1. The SMILES string of the molecule is CCN1CCOC(Cn2c(=S)[nH]c3ccc(F)cc32)C1. The minimum Gasteiger partial charge on any atom is -0.374 e. The van der Waals surface area contributed by atoms with Gasteiger partial charge in [-0.3, -0.25) is 4.90 Å². The van der Waals surface area contributed by atoms with Crippen LogP contribution in [0.25, 0.3) is 11.0 Å². The minimum absolute atomic E-state index is 0.0951. The van der Waals surface area contributed by atoms with Crippen LogP contribution < -0.4 is 0 Å². The van der Waals surface area contributed by atoms with E-state index < -0.39 is 0 Å². The van der Waals surface area contributed by atoms with Gasteiger partial charge in [0.05, 0.1) is 30.3 Å². The number of morpholine rings is 1. The van der Waals surface area contributed by atoms with Crippen LogP contribution >= 0.6 is 12.2 Å². The second-order valence-electron chi connectivity index (χ2n) is 5.09. The molecule has 0 bridgehead atoms. The Morgan fingerprint density at radius 2 is 2.35 bits per heavy atom. The zero-order valence-corrected chi connectivity index (χ0v) is 12.3. The molecule has 1 N–H and O–H groups in total. The molecule has 108 valence electrons. The lowest BCUT2D eigenvalue weighted by atomic mass is 10.2. The number of benzene rings is 1. The molecule has 20 heavy (non-hydrogen) atoms. The number of nitrogens with zero attached hydrogens (tertiary/aromatic N) is 2. The van der Waals surface area contributed by atoms with Crippen molar-refractivity contribution in [2.45, 2.75) is 19.6 Å². The number of aromatic amines is 1. The Morgan fingerprint density at radius 1 is 1.50 bits per heavy atom. The Bertz CT molecular complexity index is 666. The number of hydrogen-bond donors (Lipinski definition) is 1. The van der Waals surface area contributed by atoms with Gasteiger partial charge in [-0.1, -0.05) is 6.92 Å². The van der Waals surface area contributed by atoms with Gasteiger partial charge in [0.2, 0.25) is 0 Å². The van der Waals surface area contributed by atoms with Gasteiger partial charge in [0.15, 0.2) is 4.77 Å². The van der Waals surface area contributed by atoms with E-state index in [1.165, 1.54) is 12.1 Å². The van der Waals surface area contributed by atoms with Gasteiger partial charge in [-0.15, -0.1) is 0 Å². The predicted octanol–water partition coefficient (Wildman–Crippen LogP) is 2.56. The van der Waals surface area contributed by atoms with Crippen molar-refractivity contribution in [3.63, 3.8) is 0 Å². The van der Waals surface area contributed by atoms with Gasteiger partial charge in [-0.25, -0.2) is 4.39 Å².